The van der Waals surface area contributed by atoms with E-state index in [0.29, 0.717) is 6.79 Å². The van der Waals surface area contributed by atoms with Crippen LogP contribution in [0.5, 0.6) is 11.5 Å². The van der Waals surface area contributed by atoms with Crippen LogP contribution in [0.15, 0.2) is 66.2 Å². The molecule has 0 unspecified atom stereocenters. The predicted molar refractivity (Wildman–Crippen MR) is 143 cm³/mol. The minimum atomic E-state index is 0. The molecule has 0 amide bonds. The molecule has 0 radical (unpaired) electrons. The van der Waals surface area contributed by atoms with Crippen molar-refractivity contribution in [3.8, 4) is 11.5 Å². The van der Waals surface area contributed by atoms with Gasteiger partial charge in [-0.05, 0) is 28.8 Å². The number of nitrogens with one attached hydrogen (secondary N) is 1. The Bertz CT molecular complexity index is 1080. The third-order valence-electron chi connectivity index (χ3n) is 6.12. The molecule has 1 N–H and O–H groups in total. The molecule has 180 valence electrons. The van der Waals surface area contributed by atoms with Crippen LogP contribution in [0.2, 0.25) is 0 Å². The Labute approximate surface area is 217 Å². The van der Waals surface area contributed by atoms with Crippen LogP contribution in [0.1, 0.15) is 16.7 Å². The molecular weight excluding hydrogens is 543 g/mol. The number of aromatic nitrogens is 2. The summed E-state index contributed by atoms with van der Waals surface area (Å²) in [4.78, 5) is 13.4. The molecule has 1 fully saturated rings. The molecule has 0 atom stereocenters. The number of hydrogen-bond acceptors (Lipinski definition) is 5. The van der Waals surface area contributed by atoms with E-state index >= 15 is 0 Å². The quantitative estimate of drug-likeness (QED) is 0.277. The number of aliphatic imine (C=N–C) groups is 1. The van der Waals surface area contributed by atoms with Gasteiger partial charge >= 0.3 is 0 Å². The van der Waals surface area contributed by atoms with Crippen molar-refractivity contribution < 1.29 is 9.47 Å². The molecule has 0 saturated carbocycles. The molecule has 2 aliphatic rings. The van der Waals surface area contributed by atoms with Crippen molar-refractivity contribution in [1.29, 1.82) is 0 Å². The number of benzene rings is 2. The zero-order valence-corrected chi connectivity index (χ0v) is 21.7. The second-order valence-electron chi connectivity index (χ2n) is 8.40. The number of ether oxygens (including phenoxy) is 2. The van der Waals surface area contributed by atoms with Crippen molar-refractivity contribution in [3.05, 3.63) is 77.9 Å². The van der Waals surface area contributed by atoms with Gasteiger partial charge in [0.2, 0.25) is 6.79 Å². The number of imidazole rings is 1. The normalized spacial score (nSPS) is 15.8. The summed E-state index contributed by atoms with van der Waals surface area (Å²) in [6.45, 7) is 6.74. The summed E-state index contributed by atoms with van der Waals surface area (Å²) >= 11 is 0. The molecule has 1 aromatic heterocycles. The topological polar surface area (TPSA) is 67.2 Å². The average molecular weight is 574 g/mol. The summed E-state index contributed by atoms with van der Waals surface area (Å²) < 4.78 is 13.0. The van der Waals surface area contributed by atoms with E-state index in [1.165, 1.54) is 16.7 Å². The van der Waals surface area contributed by atoms with E-state index < -0.39 is 0 Å². The van der Waals surface area contributed by atoms with Gasteiger partial charge in [-0.15, -0.1) is 24.0 Å². The average Bonchev–Trinajstić information content (AvgIpc) is 3.53. The highest BCUT2D eigenvalue weighted by Crippen LogP contribution is 2.32. The number of halogens is 1. The minimum Gasteiger partial charge on any atom is -0.454 e. The van der Waals surface area contributed by atoms with Crippen LogP contribution >= 0.6 is 24.0 Å². The van der Waals surface area contributed by atoms with Gasteiger partial charge in [-0.3, -0.25) is 9.89 Å². The summed E-state index contributed by atoms with van der Waals surface area (Å²) in [7, 11) is 1.86. The fraction of sp³-hybridized carbons (Fsp3) is 0.360. The highest BCUT2D eigenvalue weighted by Gasteiger charge is 2.21. The Morgan fingerprint density at radius 3 is 2.41 bits per heavy atom. The van der Waals surface area contributed by atoms with E-state index in [9.17, 15) is 0 Å². The van der Waals surface area contributed by atoms with Gasteiger partial charge in [0.25, 0.3) is 0 Å². The Balaban J connectivity index is 0.00000274. The lowest BCUT2D eigenvalue weighted by atomic mass is 10.1. The van der Waals surface area contributed by atoms with Crippen LogP contribution in [0, 0.1) is 0 Å². The third kappa shape index (κ3) is 6.01. The van der Waals surface area contributed by atoms with E-state index in [1.54, 1.807) is 6.20 Å². The zero-order valence-electron chi connectivity index (χ0n) is 19.4. The van der Waals surface area contributed by atoms with Gasteiger partial charge < -0.3 is 24.3 Å². The molecule has 2 aromatic carbocycles. The zero-order chi connectivity index (χ0) is 22.5. The van der Waals surface area contributed by atoms with Crippen molar-refractivity contribution in [3.63, 3.8) is 0 Å². The molecule has 1 saturated heterocycles. The Morgan fingerprint density at radius 1 is 0.941 bits per heavy atom. The van der Waals surface area contributed by atoms with Gasteiger partial charge in [0, 0.05) is 65.3 Å². The number of hydrogen-bond donors (Lipinski definition) is 1. The van der Waals surface area contributed by atoms with E-state index in [-0.39, 0.29) is 24.0 Å². The highest BCUT2D eigenvalue weighted by molar-refractivity contribution is 14.0. The second kappa shape index (κ2) is 11.6. The fourth-order valence-electron chi connectivity index (χ4n) is 4.28. The molecular formula is C25H31IN6O2. The number of fused-ring (bicyclic) bond motifs is 1. The van der Waals surface area contributed by atoms with Crippen LogP contribution in [0.4, 0.5) is 0 Å². The van der Waals surface area contributed by atoms with Crippen LogP contribution in [-0.4, -0.2) is 65.3 Å². The first-order chi connectivity index (χ1) is 16.3. The van der Waals surface area contributed by atoms with Crippen molar-refractivity contribution >= 4 is 29.9 Å². The summed E-state index contributed by atoms with van der Waals surface area (Å²) in [5.41, 5.74) is 3.76. The molecule has 9 heteroatoms. The summed E-state index contributed by atoms with van der Waals surface area (Å²) in [5, 5.41) is 3.53. The first-order valence-electron chi connectivity index (χ1n) is 11.4. The van der Waals surface area contributed by atoms with Crippen molar-refractivity contribution in [2.24, 2.45) is 4.99 Å². The van der Waals surface area contributed by atoms with Crippen molar-refractivity contribution in [2.75, 3.05) is 40.0 Å². The standard InChI is InChI=1S/C25H30N6O2.HI/c1-26-25(28-15-20-2-4-21(5-3-20)16-30-9-8-27-18-30)31-12-10-29(11-13-31)17-22-6-7-23-24(14-22)33-19-32-23;/h2-9,14,18H,10-13,15-17,19H2,1H3,(H,26,28);1H. The van der Waals surface area contributed by atoms with Gasteiger partial charge in [0.15, 0.2) is 17.5 Å². The lowest BCUT2D eigenvalue weighted by Gasteiger charge is -2.36. The van der Waals surface area contributed by atoms with E-state index in [4.69, 9.17) is 9.47 Å². The van der Waals surface area contributed by atoms with Crippen LogP contribution in [0.3, 0.4) is 0 Å². The molecule has 0 aliphatic carbocycles. The number of nitrogens with zero attached hydrogens (tertiary/aromatic N) is 5. The molecule has 0 bridgehead atoms. The van der Waals surface area contributed by atoms with Crippen LogP contribution < -0.4 is 14.8 Å². The van der Waals surface area contributed by atoms with E-state index in [2.05, 4.69) is 66.1 Å². The third-order valence-corrected chi connectivity index (χ3v) is 6.12. The van der Waals surface area contributed by atoms with Crippen LogP contribution in [0.25, 0.3) is 0 Å². The molecule has 2 aliphatic heterocycles. The summed E-state index contributed by atoms with van der Waals surface area (Å²) in [6.07, 6.45) is 5.63. The minimum absolute atomic E-state index is 0. The first kappa shape index (κ1) is 24.3. The van der Waals surface area contributed by atoms with E-state index in [0.717, 1.165) is 63.3 Å². The van der Waals surface area contributed by atoms with Gasteiger partial charge in [-0.2, -0.15) is 0 Å². The van der Waals surface area contributed by atoms with Crippen molar-refractivity contribution in [1.82, 2.24) is 24.7 Å². The smallest absolute Gasteiger partial charge is 0.231 e. The van der Waals surface area contributed by atoms with E-state index in [1.807, 2.05) is 25.6 Å². The molecule has 0 spiro atoms. The number of rotatable bonds is 6. The van der Waals surface area contributed by atoms with Gasteiger partial charge in [-0.1, -0.05) is 30.3 Å². The van der Waals surface area contributed by atoms with Crippen molar-refractivity contribution in [2.45, 2.75) is 19.6 Å². The lowest BCUT2D eigenvalue weighted by Crippen LogP contribution is -2.52. The Hall–Kier alpha value is -2.79. The highest BCUT2D eigenvalue weighted by atomic mass is 127. The molecule has 34 heavy (non-hydrogen) atoms. The molecule has 8 nitrogen and oxygen atoms in total. The van der Waals surface area contributed by atoms with Gasteiger partial charge in [-0.25, -0.2) is 4.98 Å². The first-order valence-corrected chi connectivity index (χ1v) is 11.4. The molecule has 3 aromatic rings. The Kier molecular flexibility index (Phi) is 8.28. The predicted octanol–water partition coefficient (Wildman–Crippen LogP) is 3.17. The van der Waals surface area contributed by atoms with Gasteiger partial charge in [0.1, 0.15) is 0 Å². The Morgan fingerprint density at radius 2 is 1.68 bits per heavy atom. The second-order valence-corrected chi connectivity index (χ2v) is 8.40. The molecule has 5 rings (SSSR count). The maximum Gasteiger partial charge on any atom is 0.231 e. The van der Waals surface area contributed by atoms with Gasteiger partial charge in [0.05, 0.1) is 6.33 Å². The monoisotopic (exact) mass is 574 g/mol. The lowest BCUT2D eigenvalue weighted by molar-refractivity contribution is 0.171. The largest absolute Gasteiger partial charge is 0.454 e. The van der Waals surface area contributed by atoms with Crippen LogP contribution in [-0.2, 0) is 19.6 Å². The SMILES string of the molecule is CN=C(NCc1ccc(Cn2ccnc2)cc1)N1CCN(Cc2ccc3c(c2)OCO3)CC1.I. The number of piperazine rings is 1. The summed E-state index contributed by atoms with van der Waals surface area (Å²) in [5.74, 6) is 2.65. The maximum atomic E-state index is 5.51. The number of guanidine groups is 1. The summed E-state index contributed by atoms with van der Waals surface area (Å²) in [6, 6.07) is 14.9. The fourth-order valence-corrected chi connectivity index (χ4v) is 4.28. The molecule has 3 heterocycles. The maximum absolute atomic E-state index is 5.51.